The van der Waals surface area contributed by atoms with E-state index in [1.54, 1.807) is 0 Å². The van der Waals surface area contributed by atoms with Gasteiger partial charge in [-0.05, 0) is 34.4 Å². The molecule has 1 aromatic carbocycles. The van der Waals surface area contributed by atoms with Crippen molar-refractivity contribution in [1.29, 1.82) is 0 Å². The molecule has 1 aromatic rings. The molecular weight excluding hydrogens is 216 g/mol. The Morgan fingerprint density at radius 2 is 1.61 bits per heavy atom. The molecule has 3 rings (SSSR count). The highest BCUT2D eigenvalue weighted by atomic mass is 14.2. The van der Waals surface area contributed by atoms with Crippen LogP contribution >= 0.6 is 0 Å². The molecule has 0 radical (unpaired) electrons. The molecule has 0 heteroatoms. The predicted octanol–water partition coefficient (Wildman–Crippen LogP) is 4.95. The van der Waals surface area contributed by atoms with Gasteiger partial charge in [0.15, 0.2) is 0 Å². The zero-order valence-corrected chi connectivity index (χ0v) is 10.8. The van der Waals surface area contributed by atoms with Crippen molar-refractivity contribution in [2.24, 2.45) is 5.41 Å². The third-order valence-electron chi connectivity index (χ3n) is 3.42. The van der Waals surface area contributed by atoms with Gasteiger partial charge in [0.1, 0.15) is 0 Å². The van der Waals surface area contributed by atoms with Crippen LogP contribution in [0, 0.1) is 5.41 Å². The second-order valence-corrected chi connectivity index (χ2v) is 5.40. The highest BCUT2D eigenvalue weighted by Crippen LogP contribution is 2.32. The summed E-state index contributed by atoms with van der Waals surface area (Å²) >= 11 is 0. The minimum absolute atomic E-state index is 0.119. The Bertz CT molecular complexity index is 643. The van der Waals surface area contributed by atoms with E-state index in [9.17, 15) is 0 Å². The first-order chi connectivity index (χ1) is 8.66. The van der Waals surface area contributed by atoms with Gasteiger partial charge in [-0.15, -0.1) is 5.73 Å². The molecule has 0 aliphatic heterocycles. The van der Waals surface area contributed by atoms with Crippen LogP contribution in [0.15, 0.2) is 42.2 Å². The molecule has 88 valence electrons. The van der Waals surface area contributed by atoms with Crippen LogP contribution < -0.4 is 0 Å². The zero-order chi connectivity index (χ0) is 12.6. The van der Waals surface area contributed by atoms with Gasteiger partial charge < -0.3 is 0 Å². The Balaban J connectivity index is 2.26. The zero-order valence-electron chi connectivity index (χ0n) is 10.8. The molecule has 0 bridgehead atoms. The lowest BCUT2D eigenvalue weighted by molar-refractivity contribution is 0.633. The normalized spacial score (nSPS) is 18.1. The molecular formula is C18H16. The Morgan fingerprint density at radius 1 is 0.889 bits per heavy atom. The van der Waals surface area contributed by atoms with E-state index >= 15 is 0 Å². The topological polar surface area (TPSA) is 0 Å². The van der Waals surface area contributed by atoms with E-state index in [1.807, 2.05) is 12.2 Å². The van der Waals surface area contributed by atoms with Gasteiger partial charge in [0.25, 0.3) is 0 Å². The highest BCUT2D eigenvalue weighted by Gasteiger charge is 2.15. The minimum Gasteiger partial charge on any atom is -0.120 e. The molecule has 0 heterocycles. The van der Waals surface area contributed by atoms with Crippen molar-refractivity contribution < 1.29 is 0 Å². The summed E-state index contributed by atoms with van der Waals surface area (Å²) in [5, 5.41) is 0. The lowest BCUT2D eigenvalue weighted by Crippen LogP contribution is -2.00. The molecule has 0 saturated carbocycles. The summed E-state index contributed by atoms with van der Waals surface area (Å²) in [4.78, 5) is 0. The Hall–Kier alpha value is -2.04. The van der Waals surface area contributed by atoms with Crippen LogP contribution in [0.25, 0.3) is 24.3 Å². The van der Waals surface area contributed by atoms with Crippen LogP contribution in [0.3, 0.4) is 0 Å². The van der Waals surface area contributed by atoms with E-state index in [-0.39, 0.29) is 5.41 Å². The van der Waals surface area contributed by atoms with Crippen molar-refractivity contribution in [2.45, 2.75) is 13.8 Å². The third-order valence-corrected chi connectivity index (χ3v) is 3.42. The van der Waals surface area contributed by atoms with E-state index < -0.39 is 0 Å². The Morgan fingerprint density at radius 3 is 2.50 bits per heavy atom. The second-order valence-electron chi connectivity index (χ2n) is 5.40. The van der Waals surface area contributed by atoms with E-state index in [2.05, 4.69) is 68.2 Å². The number of rotatable bonds is 0. The average molecular weight is 232 g/mol. The summed E-state index contributed by atoms with van der Waals surface area (Å²) in [5.41, 5.74) is 8.39. The van der Waals surface area contributed by atoms with Crippen molar-refractivity contribution in [1.82, 2.24) is 0 Å². The van der Waals surface area contributed by atoms with Gasteiger partial charge in [-0.3, -0.25) is 0 Å². The molecule has 18 heavy (non-hydrogen) atoms. The maximum absolute atomic E-state index is 3.16. The number of allylic oxidation sites excluding steroid dienone is 4. The lowest BCUT2D eigenvalue weighted by Gasteiger charge is -2.12. The third kappa shape index (κ3) is 1.92. The van der Waals surface area contributed by atoms with Crippen LogP contribution in [0.5, 0.6) is 0 Å². The van der Waals surface area contributed by atoms with Crippen LogP contribution in [-0.2, 0) is 0 Å². The summed E-state index contributed by atoms with van der Waals surface area (Å²) in [7, 11) is 0. The first-order valence-electron chi connectivity index (χ1n) is 6.30. The molecule has 0 saturated heterocycles. The fourth-order valence-electron chi connectivity index (χ4n) is 2.31. The predicted molar refractivity (Wildman–Crippen MR) is 79.9 cm³/mol. The summed E-state index contributed by atoms with van der Waals surface area (Å²) in [5.74, 6) is 0. The summed E-state index contributed by atoms with van der Waals surface area (Å²) < 4.78 is 0. The number of hydrogen-bond donors (Lipinski definition) is 0. The molecule has 0 unspecified atom stereocenters. The summed E-state index contributed by atoms with van der Waals surface area (Å²) in [6.45, 7) is 4.45. The Labute approximate surface area is 108 Å². The maximum atomic E-state index is 3.16. The molecule has 0 aromatic heterocycles. The number of fused-ring (bicyclic) bond motifs is 3. The monoisotopic (exact) mass is 232 g/mol. The largest absolute Gasteiger partial charge is 0.120 e. The van der Waals surface area contributed by atoms with Gasteiger partial charge in [0.2, 0.25) is 0 Å². The van der Waals surface area contributed by atoms with Crippen molar-refractivity contribution in [3.05, 3.63) is 64.4 Å². The van der Waals surface area contributed by atoms with E-state index in [0.717, 1.165) is 0 Å². The standard InChI is InChI=1S/C18H16/c1-18(2)12-10-15-9-8-14-6-4-3-5-7-16(14)17(15)11-13-18/h3,5-13H,1-2H3. The maximum Gasteiger partial charge on any atom is 0.00111 e. The van der Waals surface area contributed by atoms with E-state index in [4.69, 9.17) is 0 Å². The quantitative estimate of drug-likeness (QED) is 0.555. The van der Waals surface area contributed by atoms with Gasteiger partial charge in [-0.2, -0.15) is 0 Å². The minimum atomic E-state index is 0.119. The highest BCUT2D eigenvalue weighted by molar-refractivity contribution is 5.81. The molecule has 0 atom stereocenters. The van der Waals surface area contributed by atoms with Gasteiger partial charge in [-0.25, -0.2) is 0 Å². The number of benzene rings is 1. The molecule has 2 aliphatic carbocycles. The number of hydrogen-bond acceptors (Lipinski definition) is 0. The van der Waals surface area contributed by atoms with Crippen LogP contribution in [0.4, 0.5) is 0 Å². The molecule has 0 nitrogen and oxygen atoms in total. The second kappa shape index (κ2) is 4.01. The fourth-order valence-corrected chi connectivity index (χ4v) is 2.31. The van der Waals surface area contributed by atoms with Crippen molar-refractivity contribution in [3.8, 4) is 0 Å². The Kier molecular flexibility index (Phi) is 2.47. The fraction of sp³-hybridized carbons (Fsp3) is 0.167. The van der Waals surface area contributed by atoms with Crippen LogP contribution in [0.1, 0.15) is 36.1 Å². The van der Waals surface area contributed by atoms with Gasteiger partial charge >= 0.3 is 0 Å². The summed E-state index contributed by atoms with van der Waals surface area (Å²) in [6, 6.07) is 4.36. The van der Waals surface area contributed by atoms with Crippen molar-refractivity contribution in [2.75, 3.05) is 0 Å². The first-order valence-corrected chi connectivity index (χ1v) is 6.30. The van der Waals surface area contributed by atoms with E-state index in [1.165, 1.54) is 22.3 Å². The van der Waals surface area contributed by atoms with Gasteiger partial charge in [-0.1, -0.05) is 62.4 Å². The SMILES string of the molecule is CC1(C)C=Cc2ccc3c(c2C=C1)C=CC=C=C3. The summed E-state index contributed by atoms with van der Waals surface area (Å²) in [6.07, 6.45) is 17.2. The molecule has 0 fully saturated rings. The lowest BCUT2D eigenvalue weighted by atomic mass is 9.93. The molecule has 2 aliphatic rings. The van der Waals surface area contributed by atoms with Gasteiger partial charge in [0.05, 0.1) is 0 Å². The average Bonchev–Trinajstić information content (AvgIpc) is 2.66. The first kappa shape index (κ1) is 11.1. The van der Waals surface area contributed by atoms with Crippen molar-refractivity contribution >= 4 is 24.3 Å². The van der Waals surface area contributed by atoms with Gasteiger partial charge in [0, 0.05) is 5.41 Å². The van der Waals surface area contributed by atoms with Crippen LogP contribution in [-0.4, -0.2) is 0 Å². The molecule has 0 N–H and O–H groups in total. The van der Waals surface area contributed by atoms with Crippen LogP contribution in [0.2, 0.25) is 0 Å². The van der Waals surface area contributed by atoms with Crippen molar-refractivity contribution in [3.63, 3.8) is 0 Å². The molecule has 0 amide bonds. The molecule has 0 spiro atoms. The van der Waals surface area contributed by atoms with E-state index in [0.29, 0.717) is 0 Å². The smallest absolute Gasteiger partial charge is 0.00111 e.